The standard InChI is InChI=1S/C20H28ClN3/c1-6-8-14(3)18(23-5)16-9-7-10-24(20(16)22)19-15(4)11-13(2)12-17(19)21/h11-12,22-23H,3,6-10H2,1-2,4-5H3/b18-16-,22-20?. The first kappa shape index (κ1) is 18.6. The van der Waals surface area contributed by atoms with Gasteiger partial charge in [0, 0.05) is 24.9 Å². The van der Waals surface area contributed by atoms with Crippen molar-refractivity contribution >= 4 is 23.1 Å². The van der Waals surface area contributed by atoms with Gasteiger partial charge in [0.15, 0.2) is 0 Å². The Hall–Kier alpha value is -1.74. The third-order valence-electron chi connectivity index (χ3n) is 4.49. The highest BCUT2D eigenvalue weighted by Gasteiger charge is 2.27. The molecule has 2 rings (SSSR count). The van der Waals surface area contributed by atoms with E-state index in [2.05, 4.69) is 31.8 Å². The molecule has 1 heterocycles. The molecule has 1 aromatic carbocycles. The Labute approximate surface area is 150 Å². The van der Waals surface area contributed by atoms with Gasteiger partial charge in [-0.2, -0.15) is 0 Å². The Morgan fingerprint density at radius 2 is 2.08 bits per heavy atom. The van der Waals surface area contributed by atoms with Gasteiger partial charge in [0.05, 0.1) is 10.7 Å². The Kier molecular flexibility index (Phi) is 6.11. The maximum Gasteiger partial charge on any atom is 0.130 e. The second kappa shape index (κ2) is 7.89. The molecule has 0 saturated carbocycles. The average molecular weight is 346 g/mol. The third-order valence-corrected chi connectivity index (χ3v) is 4.78. The van der Waals surface area contributed by atoms with Crippen LogP contribution in [0.25, 0.3) is 0 Å². The highest BCUT2D eigenvalue weighted by Crippen LogP contribution is 2.35. The summed E-state index contributed by atoms with van der Waals surface area (Å²) in [6.07, 6.45) is 3.90. The fourth-order valence-corrected chi connectivity index (χ4v) is 3.92. The molecule has 1 aromatic rings. The number of nitrogens with one attached hydrogen (secondary N) is 2. The molecular formula is C20H28ClN3. The summed E-state index contributed by atoms with van der Waals surface area (Å²) in [7, 11) is 1.92. The van der Waals surface area contributed by atoms with Gasteiger partial charge < -0.3 is 10.2 Å². The Morgan fingerprint density at radius 1 is 1.38 bits per heavy atom. The number of benzene rings is 1. The first-order valence-electron chi connectivity index (χ1n) is 8.62. The minimum atomic E-state index is 0.539. The number of hydrogen-bond acceptors (Lipinski definition) is 2. The summed E-state index contributed by atoms with van der Waals surface area (Å²) in [6, 6.07) is 4.10. The molecule has 0 amide bonds. The fourth-order valence-electron chi connectivity index (χ4n) is 3.49. The van der Waals surface area contributed by atoms with Crippen LogP contribution < -0.4 is 10.2 Å². The maximum atomic E-state index is 8.78. The van der Waals surface area contributed by atoms with E-state index >= 15 is 0 Å². The molecular weight excluding hydrogens is 318 g/mol. The molecule has 0 atom stereocenters. The van der Waals surface area contributed by atoms with Gasteiger partial charge in [0.25, 0.3) is 0 Å². The van der Waals surface area contributed by atoms with Crippen LogP contribution in [0.5, 0.6) is 0 Å². The summed E-state index contributed by atoms with van der Waals surface area (Å²) in [5.41, 5.74) is 6.36. The van der Waals surface area contributed by atoms with E-state index in [-0.39, 0.29) is 0 Å². The molecule has 0 spiro atoms. The second-order valence-corrected chi connectivity index (χ2v) is 6.88. The summed E-state index contributed by atoms with van der Waals surface area (Å²) in [5.74, 6) is 0.539. The van der Waals surface area contributed by atoms with Crippen molar-refractivity contribution in [1.82, 2.24) is 5.32 Å². The van der Waals surface area contributed by atoms with Crippen molar-refractivity contribution in [3.05, 3.63) is 51.7 Å². The molecule has 0 bridgehead atoms. The number of piperidine rings is 1. The summed E-state index contributed by atoms with van der Waals surface area (Å²) >= 11 is 6.52. The quantitative estimate of drug-likeness (QED) is 0.753. The van der Waals surface area contributed by atoms with Crippen molar-refractivity contribution in [2.24, 2.45) is 0 Å². The Bertz CT molecular complexity index is 665. The van der Waals surface area contributed by atoms with Crippen LogP contribution in [0.15, 0.2) is 35.6 Å². The number of likely N-dealkylation sites (N-methyl/N-ethyl adjacent to an activating group) is 1. The van der Waals surface area contributed by atoms with Crippen molar-refractivity contribution < 1.29 is 0 Å². The molecule has 2 N–H and O–H groups in total. The van der Waals surface area contributed by atoms with E-state index in [1.165, 1.54) is 0 Å². The lowest BCUT2D eigenvalue weighted by molar-refractivity contribution is 0.760. The van der Waals surface area contributed by atoms with E-state index in [1.54, 1.807) is 0 Å². The molecule has 24 heavy (non-hydrogen) atoms. The summed E-state index contributed by atoms with van der Waals surface area (Å²) in [6.45, 7) is 11.3. The van der Waals surface area contributed by atoms with Crippen molar-refractivity contribution in [1.29, 1.82) is 5.41 Å². The maximum absolute atomic E-state index is 8.78. The molecule has 3 nitrogen and oxygen atoms in total. The first-order valence-corrected chi connectivity index (χ1v) is 9.00. The van der Waals surface area contributed by atoms with Gasteiger partial charge >= 0.3 is 0 Å². The van der Waals surface area contributed by atoms with Crippen molar-refractivity contribution in [3.8, 4) is 0 Å². The predicted octanol–water partition coefficient (Wildman–Crippen LogP) is 5.36. The normalized spacial score (nSPS) is 17.0. The van der Waals surface area contributed by atoms with Crippen molar-refractivity contribution in [2.45, 2.75) is 46.5 Å². The minimum absolute atomic E-state index is 0.539. The van der Waals surface area contributed by atoms with Crippen LogP contribution in [0, 0.1) is 19.3 Å². The molecule has 4 heteroatoms. The fraction of sp³-hybridized carbons (Fsp3) is 0.450. The zero-order valence-electron chi connectivity index (χ0n) is 15.2. The van der Waals surface area contributed by atoms with Crippen LogP contribution in [0.2, 0.25) is 5.02 Å². The number of aryl methyl sites for hydroxylation is 2. The lowest BCUT2D eigenvalue weighted by atomic mass is 9.95. The van der Waals surface area contributed by atoms with Crippen LogP contribution in [0.1, 0.15) is 43.7 Å². The molecule has 0 unspecified atom stereocenters. The number of anilines is 1. The first-order chi connectivity index (χ1) is 11.4. The van der Waals surface area contributed by atoms with E-state index in [9.17, 15) is 0 Å². The number of rotatable bonds is 5. The highest BCUT2D eigenvalue weighted by molar-refractivity contribution is 6.34. The number of amidine groups is 1. The number of allylic oxidation sites excluding steroid dienone is 1. The molecule has 130 valence electrons. The van der Waals surface area contributed by atoms with Crippen LogP contribution in [0.4, 0.5) is 5.69 Å². The Balaban J connectivity index is 2.46. The molecule has 1 saturated heterocycles. The van der Waals surface area contributed by atoms with Crippen molar-refractivity contribution in [2.75, 3.05) is 18.5 Å². The van der Waals surface area contributed by atoms with Gasteiger partial charge in [-0.25, -0.2) is 0 Å². The summed E-state index contributed by atoms with van der Waals surface area (Å²) < 4.78 is 0. The highest BCUT2D eigenvalue weighted by atomic mass is 35.5. The summed E-state index contributed by atoms with van der Waals surface area (Å²) in [4.78, 5) is 2.05. The van der Waals surface area contributed by atoms with Crippen LogP contribution in [-0.4, -0.2) is 19.4 Å². The van der Waals surface area contributed by atoms with E-state index in [4.69, 9.17) is 17.0 Å². The predicted molar refractivity (Wildman–Crippen MR) is 105 cm³/mol. The van der Waals surface area contributed by atoms with Gasteiger partial charge in [-0.15, -0.1) is 0 Å². The lowest BCUT2D eigenvalue weighted by Crippen LogP contribution is -2.38. The SMILES string of the molecule is C=C(CCC)/C(NC)=C1\CCCN(c2c(C)cc(C)cc2Cl)C1=N. The zero-order chi connectivity index (χ0) is 17.9. The summed E-state index contributed by atoms with van der Waals surface area (Å²) in [5, 5.41) is 12.8. The van der Waals surface area contributed by atoms with Crippen LogP contribution in [-0.2, 0) is 0 Å². The van der Waals surface area contributed by atoms with E-state index in [0.717, 1.165) is 70.9 Å². The second-order valence-electron chi connectivity index (χ2n) is 6.47. The number of nitrogens with zero attached hydrogens (tertiary/aromatic N) is 1. The molecule has 1 fully saturated rings. The minimum Gasteiger partial charge on any atom is -0.388 e. The molecule has 0 aliphatic carbocycles. The lowest BCUT2D eigenvalue weighted by Gasteiger charge is -2.34. The zero-order valence-corrected chi connectivity index (χ0v) is 16.0. The van der Waals surface area contributed by atoms with Gasteiger partial charge in [-0.3, -0.25) is 5.41 Å². The number of halogens is 1. The smallest absolute Gasteiger partial charge is 0.130 e. The molecule has 0 radical (unpaired) electrons. The largest absolute Gasteiger partial charge is 0.388 e. The van der Waals surface area contributed by atoms with Gasteiger partial charge in [0.2, 0.25) is 0 Å². The van der Waals surface area contributed by atoms with Gasteiger partial charge in [0.1, 0.15) is 5.84 Å². The van der Waals surface area contributed by atoms with Crippen molar-refractivity contribution in [3.63, 3.8) is 0 Å². The molecule has 1 aliphatic rings. The third kappa shape index (κ3) is 3.67. The monoisotopic (exact) mass is 345 g/mol. The van der Waals surface area contributed by atoms with E-state index in [1.807, 2.05) is 24.9 Å². The van der Waals surface area contributed by atoms with E-state index in [0.29, 0.717) is 5.84 Å². The number of hydrogen-bond donors (Lipinski definition) is 2. The average Bonchev–Trinajstić information content (AvgIpc) is 2.50. The van der Waals surface area contributed by atoms with Gasteiger partial charge in [-0.1, -0.05) is 37.6 Å². The van der Waals surface area contributed by atoms with E-state index < -0.39 is 0 Å². The molecule has 1 aliphatic heterocycles. The van der Waals surface area contributed by atoms with Crippen LogP contribution in [0.3, 0.4) is 0 Å². The topological polar surface area (TPSA) is 39.1 Å². The van der Waals surface area contributed by atoms with Gasteiger partial charge in [-0.05, 0) is 55.9 Å². The molecule has 0 aromatic heterocycles. The Morgan fingerprint density at radius 3 is 2.67 bits per heavy atom. The van der Waals surface area contributed by atoms with Crippen LogP contribution >= 0.6 is 11.6 Å².